The fourth-order valence-corrected chi connectivity index (χ4v) is 2.87. The SMILES string of the molecule is Cc1csc(C(=O)NCc2cc(C(=O)O)c(C)o2)c1Cl. The summed E-state index contributed by atoms with van der Waals surface area (Å²) in [7, 11) is 0. The Kier molecular flexibility index (Phi) is 4.15. The quantitative estimate of drug-likeness (QED) is 0.908. The molecule has 0 aliphatic carbocycles. The smallest absolute Gasteiger partial charge is 0.339 e. The summed E-state index contributed by atoms with van der Waals surface area (Å²) < 4.78 is 5.27. The van der Waals surface area contributed by atoms with Crippen molar-refractivity contribution in [2.45, 2.75) is 20.4 Å². The van der Waals surface area contributed by atoms with Crippen LogP contribution in [0, 0.1) is 13.8 Å². The number of amides is 1. The lowest BCUT2D eigenvalue weighted by Crippen LogP contribution is -2.21. The first kappa shape index (κ1) is 14.6. The number of carbonyl (C=O) groups is 2. The number of thiophene rings is 1. The molecular weight excluding hydrogens is 302 g/mol. The number of aromatic carboxylic acids is 1. The van der Waals surface area contributed by atoms with Crippen molar-refractivity contribution < 1.29 is 19.1 Å². The van der Waals surface area contributed by atoms with E-state index >= 15 is 0 Å². The minimum Gasteiger partial charge on any atom is -0.478 e. The van der Waals surface area contributed by atoms with Crippen molar-refractivity contribution in [1.29, 1.82) is 0 Å². The third-order valence-corrected chi connectivity index (χ3v) is 4.42. The van der Waals surface area contributed by atoms with Crippen LogP contribution < -0.4 is 5.32 Å². The van der Waals surface area contributed by atoms with Gasteiger partial charge in [0.1, 0.15) is 22.0 Å². The molecule has 20 heavy (non-hydrogen) atoms. The first-order valence-corrected chi connectivity index (χ1v) is 7.00. The van der Waals surface area contributed by atoms with Gasteiger partial charge in [-0.15, -0.1) is 11.3 Å². The van der Waals surface area contributed by atoms with E-state index in [9.17, 15) is 9.59 Å². The van der Waals surface area contributed by atoms with Crippen molar-refractivity contribution in [2.24, 2.45) is 0 Å². The van der Waals surface area contributed by atoms with Crippen molar-refractivity contribution in [2.75, 3.05) is 0 Å². The molecule has 2 N–H and O–H groups in total. The molecule has 0 spiro atoms. The van der Waals surface area contributed by atoms with Crippen molar-refractivity contribution in [3.8, 4) is 0 Å². The van der Waals surface area contributed by atoms with E-state index in [2.05, 4.69) is 5.32 Å². The minimum absolute atomic E-state index is 0.0965. The molecule has 1 amide bonds. The largest absolute Gasteiger partial charge is 0.478 e. The Balaban J connectivity index is 2.05. The fraction of sp³-hybridized carbons (Fsp3) is 0.231. The average molecular weight is 314 g/mol. The van der Waals surface area contributed by atoms with Gasteiger partial charge in [0.25, 0.3) is 5.91 Å². The Morgan fingerprint density at radius 2 is 2.15 bits per heavy atom. The van der Waals surface area contributed by atoms with E-state index in [1.54, 1.807) is 12.3 Å². The third-order valence-electron chi connectivity index (χ3n) is 2.73. The van der Waals surface area contributed by atoms with E-state index in [4.69, 9.17) is 21.1 Å². The van der Waals surface area contributed by atoms with Crippen LogP contribution in [-0.2, 0) is 6.54 Å². The summed E-state index contributed by atoms with van der Waals surface area (Å²) in [5.74, 6) is -0.663. The van der Waals surface area contributed by atoms with Crippen LogP contribution >= 0.6 is 22.9 Å². The zero-order valence-electron chi connectivity index (χ0n) is 10.8. The first-order chi connectivity index (χ1) is 9.40. The van der Waals surface area contributed by atoms with Gasteiger partial charge in [-0.1, -0.05) is 11.6 Å². The number of carboxylic acids is 1. The fourth-order valence-electron chi connectivity index (χ4n) is 1.67. The maximum atomic E-state index is 11.9. The van der Waals surface area contributed by atoms with Gasteiger partial charge in [0, 0.05) is 0 Å². The molecule has 0 unspecified atom stereocenters. The summed E-state index contributed by atoms with van der Waals surface area (Å²) in [5, 5.41) is 13.8. The highest BCUT2D eigenvalue weighted by molar-refractivity contribution is 7.13. The molecular formula is C13H12ClNO4S. The van der Waals surface area contributed by atoms with E-state index in [0.717, 1.165) is 5.56 Å². The number of carbonyl (C=O) groups excluding carboxylic acids is 1. The number of aryl methyl sites for hydroxylation is 2. The number of carboxylic acid groups (broad SMARTS) is 1. The molecule has 0 aliphatic rings. The van der Waals surface area contributed by atoms with E-state index < -0.39 is 5.97 Å². The number of nitrogens with one attached hydrogen (secondary N) is 1. The highest BCUT2D eigenvalue weighted by atomic mass is 35.5. The van der Waals surface area contributed by atoms with Crippen LogP contribution in [-0.4, -0.2) is 17.0 Å². The lowest BCUT2D eigenvalue weighted by atomic mass is 10.2. The molecule has 0 saturated heterocycles. The average Bonchev–Trinajstić information content (AvgIpc) is 2.91. The second-order valence-electron chi connectivity index (χ2n) is 4.23. The van der Waals surface area contributed by atoms with Crippen LogP contribution in [0.4, 0.5) is 0 Å². The van der Waals surface area contributed by atoms with Gasteiger partial charge >= 0.3 is 5.97 Å². The highest BCUT2D eigenvalue weighted by Gasteiger charge is 2.17. The predicted octanol–water partition coefficient (Wildman–Crippen LogP) is 3.24. The van der Waals surface area contributed by atoms with Crippen molar-refractivity contribution in [1.82, 2.24) is 5.32 Å². The van der Waals surface area contributed by atoms with Gasteiger partial charge in [0.15, 0.2) is 0 Å². The Morgan fingerprint density at radius 1 is 1.45 bits per heavy atom. The summed E-state index contributed by atoms with van der Waals surface area (Å²) in [6.45, 7) is 3.50. The number of hydrogen-bond acceptors (Lipinski definition) is 4. The maximum absolute atomic E-state index is 11.9. The number of rotatable bonds is 4. The molecule has 0 aromatic carbocycles. The van der Waals surface area contributed by atoms with Gasteiger partial charge in [-0.3, -0.25) is 4.79 Å². The van der Waals surface area contributed by atoms with Gasteiger partial charge in [-0.05, 0) is 30.9 Å². The van der Waals surface area contributed by atoms with Crippen molar-refractivity contribution in [3.63, 3.8) is 0 Å². The lowest BCUT2D eigenvalue weighted by Gasteiger charge is -2.01. The van der Waals surface area contributed by atoms with Crippen LogP contribution in [0.2, 0.25) is 5.02 Å². The molecule has 106 valence electrons. The summed E-state index contributed by atoms with van der Waals surface area (Å²) in [6.07, 6.45) is 0. The summed E-state index contributed by atoms with van der Waals surface area (Å²) in [5.41, 5.74) is 0.947. The van der Waals surface area contributed by atoms with Crippen LogP contribution in [0.3, 0.4) is 0 Å². The van der Waals surface area contributed by atoms with Crippen LogP contribution in [0.25, 0.3) is 0 Å². The highest BCUT2D eigenvalue weighted by Crippen LogP contribution is 2.27. The molecule has 0 fully saturated rings. The Hall–Kier alpha value is -1.79. The Bertz CT molecular complexity index is 674. The predicted molar refractivity (Wildman–Crippen MR) is 75.6 cm³/mol. The van der Waals surface area contributed by atoms with Gasteiger partial charge in [-0.25, -0.2) is 4.79 Å². The second kappa shape index (κ2) is 5.68. The van der Waals surface area contributed by atoms with Crippen molar-refractivity contribution >= 4 is 34.8 Å². The lowest BCUT2D eigenvalue weighted by molar-refractivity contribution is 0.0694. The zero-order chi connectivity index (χ0) is 14.9. The second-order valence-corrected chi connectivity index (χ2v) is 5.49. The summed E-state index contributed by atoms with van der Waals surface area (Å²) >= 11 is 7.27. The normalized spacial score (nSPS) is 10.6. The maximum Gasteiger partial charge on any atom is 0.339 e. The topological polar surface area (TPSA) is 79.5 Å². The number of furan rings is 1. The molecule has 2 heterocycles. The van der Waals surface area contributed by atoms with E-state index in [-0.39, 0.29) is 18.0 Å². The molecule has 2 aromatic rings. The molecule has 0 atom stereocenters. The van der Waals surface area contributed by atoms with Gasteiger partial charge < -0.3 is 14.8 Å². The molecule has 0 aliphatic heterocycles. The molecule has 7 heteroatoms. The monoisotopic (exact) mass is 313 g/mol. The Labute approximate surface area is 124 Å². The summed E-state index contributed by atoms with van der Waals surface area (Å²) in [6, 6.07) is 1.40. The molecule has 0 bridgehead atoms. The molecule has 2 aromatic heterocycles. The molecule has 0 radical (unpaired) electrons. The van der Waals surface area contributed by atoms with Gasteiger partial charge in [0.2, 0.25) is 0 Å². The van der Waals surface area contributed by atoms with Gasteiger partial charge in [-0.2, -0.15) is 0 Å². The van der Waals surface area contributed by atoms with Crippen LogP contribution in [0.1, 0.15) is 37.1 Å². The van der Waals surface area contributed by atoms with E-state index in [0.29, 0.717) is 21.4 Å². The number of halogens is 1. The van der Waals surface area contributed by atoms with Gasteiger partial charge in [0.05, 0.1) is 11.6 Å². The third kappa shape index (κ3) is 2.86. The van der Waals surface area contributed by atoms with Crippen LogP contribution in [0.15, 0.2) is 15.9 Å². The minimum atomic E-state index is -1.05. The standard InChI is InChI=1S/C13H12ClNO4S/c1-6-5-20-11(10(6)14)12(16)15-4-8-3-9(13(17)18)7(2)19-8/h3,5H,4H2,1-2H3,(H,15,16)(H,17,18). The van der Waals surface area contributed by atoms with E-state index in [1.165, 1.54) is 17.4 Å². The molecule has 5 nitrogen and oxygen atoms in total. The summed E-state index contributed by atoms with van der Waals surface area (Å²) in [4.78, 5) is 23.2. The molecule has 0 saturated carbocycles. The van der Waals surface area contributed by atoms with E-state index in [1.807, 2.05) is 6.92 Å². The molecule has 2 rings (SSSR count). The van der Waals surface area contributed by atoms with Crippen LogP contribution in [0.5, 0.6) is 0 Å². The zero-order valence-corrected chi connectivity index (χ0v) is 12.4. The van der Waals surface area contributed by atoms with Crippen molar-refractivity contribution in [3.05, 3.63) is 44.0 Å². The Morgan fingerprint density at radius 3 is 2.65 bits per heavy atom. The number of hydrogen-bond donors (Lipinski definition) is 2. The first-order valence-electron chi connectivity index (χ1n) is 5.74.